The summed E-state index contributed by atoms with van der Waals surface area (Å²) >= 11 is 0. The number of ketones is 1. The second-order valence-electron chi connectivity index (χ2n) is 5.84. The number of Topliss-reactive ketones (excluding diaryl/α,β-unsaturated/α-hetero) is 1. The van der Waals surface area contributed by atoms with Gasteiger partial charge in [-0.3, -0.25) is 14.7 Å². The Hall–Kier alpha value is -2.70. The van der Waals surface area contributed by atoms with Crippen LogP contribution in [0.4, 0.5) is 0 Å². The molecule has 7 nitrogen and oxygen atoms in total. The summed E-state index contributed by atoms with van der Waals surface area (Å²) < 4.78 is 5.59. The number of ether oxygens (including phenoxy) is 1. The lowest BCUT2D eigenvalue weighted by Gasteiger charge is -2.13. The number of aryl methyl sites for hydroxylation is 1. The van der Waals surface area contributed by atoms with Gasteiger partial charge in [-0.25, -0.2) is 4.98 Å². The normalized spacial score (nSPS) is 11.8. The van der Waals surface area contributed by atoms with Crippen LogP contribution in [0.2, 0.25) is 0 Å². The van der Waals surface area contributed by atoms with Crippen molar-refractivity contribution in [1.29, 1.82) is 0 Å². The van der Waals surface area contributed by atoms with E-state index in [4.69, 9.17) is 4.74 Å². The van der Waals surface area contributed by atoms with E-state index < -0.39 is 0 Å². The number of amides is 1. The average molecular weight is 344 g/mol. The molecule has 1 atom stereocenters. The molecule has 1 aromatic heterocycles. The smallest absolute Gasteiger partial charge is 0.220 e. The van der Waals surface area contributed by atoms with Gasteiger partial charge < -0.3 is 10.1 Å². The number of nitrogens with one attached hydrogen (secondary N) is 2. The van der Waals surface area contributed by atoms with Gasteiger partial charge in [0, 0.05) is 12.0 Å². The van der Waals surface area contributed by atoms with Crippen molar-refractivity contribution in [3.8, 4) is 5.75 Å². The minimum Gasteiger partial charge on any atom is -0.494 e. The molecule has 1 aromatic carbocycles. The van der Waals surface area contributed by atoms with Crippen LogP contribution < -0.4 is 10.1 Å². The summed E-state index contributed by atoms with van der Waals surface area (Å²) in [6, 6.07) is 6.80. The van der Waals surface area contributed by atoms with Crippen molar-refractivity contribution in [3.05, 3.63) is 41.5 Å². The Bertz CT molecular complexity index is 709. The monoisotopic (exact) mass is 344 g/mol. The third-order valence-corrected chi connectivity index (χ3v) is 3.75. The Balaban J connectivity index is 1.72. The summed E-state index contributed by atoms with van der Waals surface area (Å²) in [5.41, 5.74) is 0.652. The van der Waals surface area contributed by atoms with Crippen molar-refractivity contribution >= 4 is 11.7 Å². The van der Waals surface area contributed by atoms with Crippen LogP contribution in [-0.4, -0.2) is 33.5 Å². The number of H-pyrrole nitrogens is 1. The molecular formula is C18H24N4O3. The van der Waals surface area contributed by atoms with Crippen molar-refractivity contribution in [2.75, 3.05) is 6.61 Å². The second kappa shape index (κ2) is 8.96. The molecule has 0 aliphatic heterocycles. The Morgan fingerprint density at radius 1 is 1.28 bits per heavy atom. The van der Waals surface area contributed by atoms with Crippen LogP contribution in [0, 0.1) is 6.92 Å². The van der Waals surface area contributed by atoms with Gasteiger partial charge in [0.2, 0.25) is 5.91 Å². The van der Waals surface area contributed by atoms with E-state index in [1.165, 1.54) is 6.92 Å². The van der Waals surface area contributed by atoms with E-state index in [2.05, 4.69) is 20.5 Å². The van der Waals surface area contributed by atoms with Crippen LogP contribution in [-0.2, 0) is 4.79 Å². The summed E-state index contributed by atoms with van der Waals surface area (Å²) in [6.45, 7) is 5.76. The molecule has 2 rings (SSSR count). The molecule has 1 heterocycles. The minimum absolute atomic E-state index is 0.0234. The van der Waals surface area contributed by atoms with Gasteiger partial charge >= 0.3 is 0 Å². The summed E-state index contributed by atoms with van der Waals surface area (Å²) in [5.74, 6) is 2.00. The van der Waals surface area contributed by atoms with Crippen LogP contribution in [0.3, 0.4) is 0 Å². The highest BCUT2D eigenvalue weighted by atomic mass is 16.5. The lowest BCUT2D eigenvalue weighted by Crippen LogP contribution is -2.29. The number of hydrogen-bond donors (Lipinski definition) is 2. The standard InChI is InChI=1S/C18H24N4O3/c1-4-16(18-19-13(3)21-22-18)20-17(24)6-5-11-25-15-9-7-14(8-10-15)12(2)23/h7-10,16H,4-6,11H2,1-3H3,(H,20,24)(H,19,21,22). The molecule has 0 aliphatic rings. The maximum Gasteiger partial charge on any atom is 0.220 e. The van der Waals surface area contributed by atoms with Crippen molar-refractivity contribution in [3.63, 3.8) is 0 Å². The zero-order valence-electron chi connectivity index (χ0n) is 14.8. The van der Waals surface area contributed by atoms with Crippen molar-refractivity contribution in [2.45, 2.75) is 46.1 Å². The maximum atomic E-state index is 12.1. The highest BCUT2D eigenvalue weighted by Crippen LogP contribution is 2.14. The molecule has 0 aliphatic carbocycles. The van der Waals surface area contributed by atoms with E-state index in [1.54, 1.807) is 24.3 Å². The fourth-order valence-corrected chi connectivity index (χ4v) is 2.34. The summed E-state index contributed by atoms with van der Waals surface area (Å²) in [4.78, 5) is 27.5. The van der Waals surface area contributed by atoms with Gasteiger partial charge in [0.15, 0.2) is 11.6 Å². The van der Waals surface area contributed by atoms with Gasteiger partial charge in [0.25, 0.3) is 0 Å². The number of nitrogens with zero attached hydrogens (tertiary/aromatic N) is 2. The Kier molecular flexibility index (Phi) is 6.68. The van der Waals surface area contributed by atoms with Gasteiger partial charge in [-0.1, -0.05) is 6.92 Å². The molecular weight excluding hydrogens is 320 g/mol. The molecule has 7 heteroatoms. The molecule has 134 valence electrons. The number of hydrogen-bond acceptors (Lipinski definition) is 5. The number of carbonyl (C=O) groups is 2. The molecule has 2 aromatic rings. The van der Waals surface area contributed by atoms with Gasteiger partial charge in [0.05, 0.1) is 12.6 Å². The SMILES string of the molecule is CCC(NC(=O)CCCOc1ccc(C(C)=O)cc1)c1n[nH]c(C)n1. The lowest BCUT2D eigenvalue weighted by atomic mass is 10.1. The van der Waals surface area contributed by atoms with E-state index in [1.807, 2.05) is 13.8 Å². The van der Waals surface area contributed by atoms with Gasteiger partial charge in [-0.05, 0) is 51.0 Å². The first kappa shape index (κ1) is 18.6. The Morgan fingerprint density at radius 2 is 2.00 bits per heavy atom. The van der Waals surface area contributed by atoms with Gasteiger partial charge in [0.1, 0.15) is 11.6 Å². The van der Waals surface area contributed by atoms with E-state index in [-0.39, 0.29) is 17.7 Å². The fourth-order valence-electron chi connectivity index (χ4n) is 2.34. The fraction of sp³-hybridized carbons (Fsp3) is 0.444. The summed E-state index contributed by atoms with van der Waals surface area (Å²) in [5, 5.41) is 9.82. The Morgan fingerprint density at radius 3 is 2.56 bits per heavy atom. The average Bonchev–Trinajstić information content (AvgIpc) is 3.03. The molecule has 1 unspecified atom stereocenters. The van der Waals surface area contributed by atoms with Crippen LogP contribution >= 0.6 is 0 Å². The molecule has 0 radical (unpaired) electrons. The van der Waals surface area contributed by atoms with Gasteiger partial charge in [-0.2, -0.15) is 5.10 Å². The van der Waals surface area contributed by atoms with E-state index in [0.29, 0.717) is 36.6 Å². The van der Waals surface area contributed by atoms with E-state index >= 15 is 0 Å². The third kappa shape index (κ3) is 5.70. The number of benzene rings is 1. The van der Waals surface area contributed by atoms with Crippen LogP contribution in [0.5, 0.6) is 5.75 Å². The zero-order chi connectivity index (χ0) is 18.2. The van der Waals surface area contributed by atoms with Crippen molar-refractivity contribution < 1.29 is 14.3 Å². The second-order valence-corrected chi connectivity index (χ2v) is 5.84. The molecule has 0 bridgehead atoms. The largest absolute Gasteiger partial charge is 0.494 e. The summed E-state index contributed by atoms with van der Waals surface area (Å²) in [7, 11) is 0. The first-order chi connectivity index (χ1) is 12.0. The van der Waals surface area contributed by atoms with Crippen LogP contribution in [0.15, 0.2) is 24.3 Å². The first-order valence-electron chi connectivity index (χ1n) is 8.41. The maximum absolute atomic E-state index is 12.1. The minimum atomic E-state index is -0.183. The quantitative estimate of drug-likeness (QED) is 0.538. The third-order valence-electron chi connectivity index (χ3n) is 3.75. The van der Waals surface area contributed by atoms with E-state index in [9.17, 15) is 9.59 Å². The molecule has 0 saturated heterocycles. The van der Waals surface area contributed by atoms with Crippen molar-refractivity contribution in [1.82, 2.24) is 20.5 Å². The zero-order valence-corrected chi connectivity index (χ0v) is 14.8. The predicted octanol–water partition coefficient (Wildman–Crippen LogP) is 2.74. The van der Waals surface area contributed by atoms with E-state index in [0.717, 1.165) is 12.2 Å². The first-order valence-corrected chi connectivity index (χ1v) is 8.41. The Labute approximate surface area is 147 Å². The number of aromatic nitrogens is 3. The highest BCUT2D eigenvalue weighted by Gasteiger charge is 2.16. The highest BCUT2D eigenvalue weighted by molar-refractivity contribution is 5.94. The molecule has 25 heavy (non-hydrogen) atoms. The molecule has 2 N–H and O–H groups in total. The summed E-state index contributed by atoms with van der Waals surface area (Å²) in [6.07, 6.45) is 1.69. The molecule has 0 fully saturated rings. The molecule has 0 spiro atoms. The molecule has 0 saturated carbocycles. The van der Waals surface area contributed by atoms with Crippen molar-refractivity contribution in [2.24, 2.45) is 0 Å². The number of carbonyl (C=O) groups excluding carboxylic acids is 2. The van der Waals surface area contributed by atoms with Gasteiger partial charge in [-0.15, -0.1) is 0 Å². The molecule has 1 amide bonds. The van der Waals surface area contributed by atoms with Crippen LogP contribution in [0.1, 0.15) is 61.2 Å². The lowest BCUT2D eigenvalue weighted by molar-refractivity contribution is -0.122. The predicted molar refractivity (Wildman–Crippen MR) is 93.5 cm³/mol. The van der Waals surface area contributed by atoms with Crippen LogP contribution in [0.25, 0.3) is 0 Å². The number of aromatic amines is 1. The topological polar surface area (TPSA) is 97.0 Å². The number of rotatable bonds is 9.